The molecule has 19 heavy (non-hydrogen) atoms. The summed E-state index contributed by atoms with van der Waals surface area (Å²) < 4.78 is 8.14. The predicted octanol–water partition coefficient (Wildman–Crippen LogP) is 4.59. The number of halogens is 3. The predicted molar refractivity (Wildman–Crippen MR) is 77.2 cm³/mol. The standard InChI is InChI=1S/C12H6BrCl2N3O/c13-10-6-18-2-1-16-11(18)12(17-10)19-9-4-7(14)3-8(15)5-9/h1-6H. The fraction of sp³-hybridized carbons (Fsp3) is 0. The van der Waals surface area contributed by atoms with E-state index in [9.17, 15) is 0 Å². The van der Waals surface area contributed by atoms with Gasteiger partial charge in [-0.15, -0.1) is 0 Å². The SMILES string of the molecule is Clc1cc(Cl)cc(Oc2nc(Br)cn3ccnc23)c1. The molecule has 0 saturated heterocycles. The highest BCUT2D eigenvalue weighted by atomic mass is 79.9. The maximum absolute atomic E-state index is 5.93. The molecule has 3 rings (SSSR count). The van der Waals surface area contributed by atoms with Crippen LogP contribution in [-0.2, 0) is 0 Å². The summed E-state index contributed by atoms with van der Waals surface area (Å²) in [6.07, 6.45) is 5.26. The minimum absolute atomic E-state index is 0.373. The van der Waals surface area contributed by atoms with Gasteiger partial charge in [-0.3, -0.25) is 4.40 Å². The van der Waals surface area contributed by atoms with Crippen LogP contribution in [0.3, 0.4) is 0 Å². The minimum atomic E-state index is 0.373. The zero-order valence-corrected chi connectivity index (χ0v) is 12.4. The zero-order chi connectivity index (χ0) is 13.4. The van der Waals surface area contributed by atoms with Crippen LogP contribution in [0.15, 0.2) is 41.4 Å². The molecule has 0 unspecified atom stereocenters. The molecule has 0 amide bonds. The molecule has 3 aromatic rings. The summed E-state index contributed by atoms with van der Waals surface area (Å²) in [7, 11) is 0. The Hall–Kier alpha value is -1.30. The van der Waals surface area contributed by atoms with Gasteiger partial charge in [-0.25, -0.2) is 9.97 Å². The van der Waals surface area contributed by atoms with Gasteiger partial charge in [0.1, 0.15) is 10.4 Å². The van der Waals surface area contributed by atoms with Crippen LogP contribution in [0.4, 0.5) is 0 Å². The maximum Gasteiger partial charge on any atom is 0.264 e. The number of benzene rings is 1. The molecule has 2 heterocycles. The summed E-state index contributed by atoms with van der Waals surface area (Å²) in [5, 5.41) is 0.994. The number of fused-ring (bicyclic) bond motifs is 1. The van der Waals surface area contributed by atoms with Gasteiger partial charge in [-0.2, -0.15) is 0 Å². The van der Waals surface area contributed by atoms with Gasteiger partial charge in [0, 0.05) is 28.6 Å². The number of imidazole rings is 1. The molecule has 0 aliphatic heterocycles. The summed E-state index contributed by atoms with van der Waals surface area (Å²) in [6.45, 7) is 0. The van der Waals surface area contributed by atoms with E-state index < -0.39 is 0 Å². The van der Waals surface area contributed by atoms with Crippen molar-refractivity contribution in [3.05, 3.63) is 51.4 Å². The number of hydrogen-bond acceptors (Lipinski definition) is 3. The van der Waals surface area contributed by atoms with Gasteiger partial charge in [0.05, 0.1) is 0 Å². The topological polar surface area (TPSA) is 39.4 Å². The number of hydrogen-bond donors (Lipinski definition) is 0. The average molecular weight is 359 g/mol. The zero-order valence-electron chi connectivity index (χ0n) is 9.35. The second-order valence-electron chi connectivity index (χ2n) is 3.73. The molecule has 0 saturated carbocycles. The van der Waals surface area contributed by atoms with E-state index in [0.29, 0.717) is 31.9 Å². The van der Waals surface area contributed by atoms with Gasteiger partial charge in [0.2, 0.25) is 5.65 Å². The second-order valence-corrected chi connectivity index (χ2v) is 5.42. The second kappa shape index (κ2) is 5.00. The van der Waals surface area contributed by atoms with Crippen LogP contribution in [0.1, 0.15) is 0 Å². The number of nitrogens with zero attached hydrogens (tertiary/aromatic N) is 3. The Morgan fingerprint density at radius 3 is 2.63 bits per heavy atom. The lowest BCUT2D eigenvalue weighted by molar-refractivity contribution is 0.464. The maximum atomic E-state index is 5.93. The quantitative estimate of drug-likeness (QED) is 0.672. The first-order chi connectivity index (χ1) is 9.11. The molecule has 0 aliphatic rings. The van der Waals surface area contributed by atoms with Crippen molar-refractivity contribution in [3.63, 3.8) is 0 Å². The molecule has 0 spiro atoms. The Bertz CT molecular complexity index is 740. The van der Waals surface area contributed by atoms with Crippen LogP contribution in [0.25, 0.3) is 5.65 Å². The highest BCUT2D eigenvalue weighted by molar-refractivity contribution is 9.10. The first-order valence-electron chi connectivity index (χ1n) is 5.25. The number of aromatic nitrogens is 3. The highest BCUT2D eigenvalue weighted by Gasteiger charge is 2.10. The van der Waals surface area contributed by atoms with Crippen molar-refractivity contribution in [1.82, 2.24) is 14.4 Å². The van der Waals surface area contributed by atoms with Crippen LogP contribution in [0.5, 0.6) is 11.6 Å². The smallest absolute Gasteiger partial charge is 0.264 e. The van der Waals surface area contributed by atoms with Crippen LogP contribution >= 0.6 is 39.1 Å². The molecule has 0 radical (unpaired) electrons. The molecule has 1 aromatic carbocycles. The fourth-order valence-corrected chi connectivity index (χ4v) is 2.53. The molecule has 2 aromatic heterocycles. The van der Waals surface area contributed by atoms with Crippen molar-refractivity contribution in [2.45, 2.75) is 0 Å². The third-order valence-electron chi connectivity index (χ3n) is 2.36. The van der Waals surface area contributed by atoms with E-state index in [0.717, 1.165) is 0 Å². The van der Waals surface area contributed by atoms with Crippen molar-refractivity contribution < 1.29 is 4.74 Å². The van der Waals surface area contributed by atoms with Gasteiger partial charge in [0.15, 0.2) is 0 Å². The Balaban J connectivity index is 2.07. The van der Waals surface area contributed by atoms with E-state index in [2.05, 4.69) is 25.9 Å². The molecule has 96 valence electrons. The summed E-state index contributed by atoms with van der Waals surface area (Å²) >= 11 is 15.2. The van der Waals surface area contributed by atoms with Gasteiger partial charge < -0.3 is 4.74 Å². The minimum Gasteiger partial charge on any atom is -0.436 e. The lowest BCUT2D eigenvalue weighted by Gasteiger charge is -2.07. The molecular formula is C12H6BrCl2N3O. The van der Waals surface area contributed by atoms with Gasteiger partial charge in [-0.1, -0.05) is 23.2 Å². The van der Waals surface area contributed by atoms with Crippen LogP contribution in [0.2, 0.25) is 10.0 Å². The first kappa shape index (κ1) is 12.7. The van der Waals surface area contributed by atoms with E-state index in [1.54, 1.807) is 41.2 Å². The van der Waals surface area contributed by atoms with Crippen molar-refractivity contribution in [1.29, 1.82) is 0 Å². The van der Waals surface area contributed by atoms with Gasteiger partial charge in [-0.05, 0) is 34.1 Å². The Kier molecular flexibility index (Phi) is 3.35. The van der Waals surface area contributed by atoms with Crippen LogP contribution < -0.4 is 4.74 Å². The summed E-state index contributed by atoms with van der Waals surface area (Å²) in [5.74, 6) is 0.880. The van der Waals surface area contributed by atoms with E-state index in [-0.39, 0.29) is 0 Å². The molecule has 0 N–H and O–H groups in total. The van der Waals surface area contributed by atoms with E-state index in [4.69, 9.17) is 27.9 Å². The summed E-state index contributed by atoms with van der Waals surface area (Å²) in [6, 6.07) is 4.96. The van der Waals surface area contributed by atoms with E-state index in [1.165, 1.54) is 0 Å². The molecule has 0 atom stereocenters. The third kappa shape index (κ3) is 2.68. The highest BCUT2D eigenvalue weighted by Crippen LogP contribution is 2.29. The number of rotatable bonds is 2. The van der Waals surface area contributed by atoms with Gasteiger partial charge in [0.25, 0.3) is 5.88 Å². The lowest BCUT2D eigenvalue weighted by atomic mass is 10.3. The normalized spacial score (nSPS) is 10.9. The van der Waals surface area contributed by atoms with Crippen LogP contribution in [0, 0.1) is 0 Å². The van der Waals surface area contributed by atoms with E-state index in [1.807, 2.05) is 0 Å². The lowest BCUT2D eigenvalue weighted by Crippen LogP contribution is -1.94. The van der Waals surface area contributed by atoms with Crippen LogP contribution in [-0.4, -0.2) is 14.4 Å². The third-order valence-corrected chi connectivity index (χ3v) is 3.18. The summed E-state index contributed by atoms with van der Waals surface area (Å²) in [5.41, 5.74) is 0.610. The molecular weight excluding hydrogens is 353 g/mol. The molecule has 0 aliphatic carbocycles. The molecule has 4 nitrogen and oxygen atoms in total. The van der Waals surface area contributed by atoms with E-state index >= 15 is 0 Å². The largest absolute Gasteiger partial charge is 0.436 e. The van der Waals surface area contributed by atoms with Gasteiger partial charge >= 0.3 is 0 Å². The van der Waals surface area contributed by atoms with Crippen molar-refractivity contribution in [2.24, 2.45) is 0 Å². The Morgan fingerprint density at radius 1 is 1.16 bits per heavy atom. The molecule has 0 bridgehead atoms. The fourth-order valence-electron chi connectivity index (χ4n) is 1.64. The monoisotopic (exact) mass is 357 g/mol. The van der Waals surface area contributed by atoms with Crippen molar-refractivity contribution >= 4 is 44.8 Å². The van der Waals surface area contributed by atoms with Crippen molar-refractivity contribution in [3.8, 4) is 11.6 Å². The molecule has 0 fully saturated rings. The molecule has 7 heteroatoms. The Labute approximate surface area is 127 Å². The number of ether oxygens (including phenoxy) is 1. The average Bonchev–Trinajstić information content (AvgIpc) is 2.75. The first-order valence-corrected chi connectivity index (χ1v) is 6.80. The Morgan fingerprint density at radius 2 is 1.89 bits per heavy atom. The summed E-state index contributed by atoms with van der Waals surface area (Å²) in [4.78, 5) is 8.44. The van der Waals surface area contributed by atoms with Crippen molar-refractivity contribution in [2.75, 3.05) is 0 Å².